The van der Waals surface area contributed by atoms with Crippen molar-refractivity contribution >= 4 is 23.3 Å². The van der Waals surface area contributed by atoms with Gasteiger partial charge in [0.25, 0.3) is 0 Å². The normalized spacial score (nSPS) is 20.8. The first-order valence-electron chi connectivity index (χ1n) is 10.4. The molecule has 3 aliphatic rings. The molecule has 0 saturated carbocycles. The van der Waals surface area contributed by atoms with Gasteiger partial charge in [-0.1, -0.05) is 24.3 Å². The molecule has 0 aromatic carbocycles. The average molecular weight is 391 g/mol. The van der Waals surface area contributed by atoms with Crippen LogP contribution in [0.2, 0.25) is 0 Å². The summed E-state index contributed by atoms with van der Waals surface area (Å²) in [6, 6.07) is 0.276. The molecule has 2 heterocycles. The van der Waals surface area contributed by atoms with Gasteiger partial charge in [0.15, 0.2) is 0 Å². The molecule has 1 aliphatic heterocycles. The van der Waals surface area contributed by atoms with Gasteiger partial charge in [0.1, 0.15) is 17.4 Å². The molecule has 1 aromatic rings. The third kappa shape index (κ3) is 3.95. The third-order valence-corrected chi connectivity index (χ3v) is 5.62. The van der Waals surface area contributed by atoms with Crippen LogP contribution in [0.15, 0.2) is 53.5 Å². The van der Waals surface area contributed by atoms with Gasteiger partial charge in [-0.3, -0.25) is 5.41 Å². The summed E-state index contributed by atoms with van der Waals surface area (Å²) in [5.41, 5.74) is 6.09. The largest absolute Gasteiger partial charge is 0.496 e. The Morgan fingerprint density at radius 2 is 2.07 bits per heavy atom. The summed E-state index contributed by atoms with van der Waals surface area (Å²) < 4.78 is 5.62. The average Bonchev–Trinajstić information content (AvgIpc) is 3.16. The van der Waals surface area contributed by atoms with E-state index in [0.717, 1.165) is 43.0 Å². The predicted molar refractivity (Wildman–Crippen MR) is 121 cm³/mol. The van der Waals surface area contributed by atoms with Gasteiger partial charge in [-0.25, -0.2) is 0 Å². The van der Waals surface area contributed by atoms with Crippen LogP contribution in [0.3, 0.4) is 0 Å². The Bertz CT molecular complexity index is 956. The smallest absolute Gasteiger partial charge is 0.122 e. The van der Waals surface area contributed by atoms with Gasteiger partial charge in [-0.15, -0.1) is 0 Å². The number of methoxy groups -OCH3 is 1. The Kier molecular flexibility index (Phi) is 5.47. The maximum atomic E-state index is 8.36. The van der Waals surface area contributed by atoms with E-state index in [2.05, 4.69) is 72.1 Å². The third-order valence-electron chi connectivity index (χ3n) is 5.62. The van der Waals surface area contributed by atoms with E-state index in [1.165, 1.54) is 22.3 Å². The number of aromatic amines is 1. The van der Waals surface area contributed by atoms with E-state index >= 15 is 0 Å². The Hall–Kier alpha value is -2.95. The number of anilines is 1. The molecular weight excluding hydrogens is 360 g/mol. The Balaban J connectivity index is 1.60. The zero-order valence-electron chi connectivity index (χ0n) is 17.4. The maximum Gasteiger partial charge on any atom is 0.122 e. The fourth-order valence-corrected chi connectivity index (χ4v) is 4.19. The number of allylic oxidation sites excluding steroid dienone is 5. The van der Waals surface area contributed by atoms with Crippen molar-refractivity contribution < 1.29 is 4.74 Å². The topological polar surface area (TPSA) is 72.9 Å². The van der Waals surface area contributed by atoms with Crippen molar-refractivity contribution in [1.29, 1.82) is 5.41 Å². The first kappa shape index (κ1) is 19.4. The number of rotatable bonds is 5. The fraction of sp³-hybridized carbons (Fsp3) is 0.375. The number of fused-ring (bicyclic) bond motifs is 1. The molecule has 1 aromatic heterocycles. The molecule has 2 aliphatic carbocycles. The van der Waals surface area contributed by atoms with Crippen LogP contribution in [-0.4, -0.2) is 30.5 Å². The Morgan fingerprint density at radius 1 is 1.24 bits per heavy atom. The van der Waals surface area contributed by atoms with Crippen LogP contribution >= 0.6 is 0 Å². The summed E-state index contributed by atoms with van der Waals surface area (Å²) in [5.74, 6) is 2.71. The lowest BCUT2D eigenvalue weighted by atomic mass is 9.86. The summed E-state index contributed by atoms with van der Waals surface area (Å²) in [4.78, 5) is 3.38. The molecule has 0 radical (unpaired) electrons. The Labute approximate surface area is 172 Å². The van der Waals surface area contributed by atoms with Gasteiger partial charge in [0.05, 0.1) is 7.11 Å². The van der Waals surface area contributed by atoms with Crippen molar-refractivity contribution in [3.8, 4) is 0 Å². The molecule has 29 heavy (non-hydrogen) atoms. The molecule has 5 heteroatoms. The van der Waals surface area contributed by atoms with Crippen LogP contribution in [0.5, 0.6) is 0 Å². The molecule has 0 saturated heterocycles. The number of aromatic nitrogens is 1. The van der Waals surface area contributed by atoms with Crippen molar-refractivity contribution in [3.63, 3.8) is 0 Å². The molecule has 0 fully saturated rings. The SMILES string of the molecule is COC1=CCCC=C1c1c[nH]c2c1C=C(C1=CC=CC(C(=N)NC(C)C)C1)CN2. The minimum Gasteiger partial charge on any atom is -0.496 e. The number of hydrogen-bond donors (Lipinski definition) is 4. The standard InChI is InChI=1S/C24H30N4O/c1-15(2)28-23(25)17-8-6-7-16(11-17)18-12-20-21(14-27-24(20)26-13-18)19-9-4-5-10-22(19)29-3/h6-10,12,14-15,17,26-27H,4-5,11,13H2,1-3H3,(H2,25,28). The molecule has 4 N–H and O–H groups in total. The molecule has 152 valence electrons. The molecule has 1 atom stereocenters. The second kappa shape index (κ2) is 8.19. The molecule has 5 nitrogen and oxygen atoms in total. The molecule has 0 spiro atoms. The summed E-state index contributed by atoms with van der Waals surface area (Å²) in [7, 11) is 1.74. The quantitative estimate of drug-likeness (QED) is 0.422. The number of amidine groups is 1. The lowest BCUT2D eigenvalue weighted by molar-refractivity contribution is 0.308. The summed E-state index contributed by atoms with van der Waals surface area (Å²) >= 11 is 0. The minimum absolute atomic E-state index is 0.106. The predicted octanol–water partition coefficient (Wildman–Crippen LogP) is 5.01. The first-order chi connectivity index (χ1) is 14.1. The van der Waals surface area contributed by atoms with E-state index in [1.807, 2.05) is 0 Å². The highest BCUT2D eigenvalue weighted by molar-refractivity contribution is 5.89. The summed E-state index contributed by atoms with van der Waals surface area (Å²) in [5, 5.41) is 15.1. The highest BCUT2D eigenvalue weighted by Crippen LogP contribution is 2.38. The highest BCUT2D eigenvalue weighted by Gasteiger charge is 2.24. The summed E-state index contributed by atoms with van der Waals surface area (Å²) in [6.45, 7) is 4.93. The zero-order valence-corrected chi connectivity index (χ0v) is 17.4. The number of ether oxygens (including phenoxy) is 1. The highest BCUT2D eigenvalue weighted by atomic mass is 16.5. The minimum atomic E-state index is 0.106. The van der Waals surface area contributed by atoms with E-state index < -0.39 is 0 Å². The first-order valence-corrected chi connectivity index (χ1v) is 10.4. The van der Waals surface area contributed by atoms with Crippen molar-refractivity contribution in [2.75, 3.05) is 19.0 Å². The monoisotopic (exact) mass is 390 g/mol. The second-order valence-electron chi connectivity index (χ2n) is 8.08. The van der Waals surface area contributed by atoms with Crippen molar-refractivity contribution in [3.05, 3.63) is 64.6 Å². The van der Waals surface area contributed by atoms with Gasteiger partial charge in [-0.05, 0) is 56.4 Å². The van der Waals surface area contributed by atoms with Crippen LogP contribution in [0.4, 0.5) is 5.82 Å². The molecular formula is C24H30N4O. The van der Waals surface area contributed by atoms with Gasteiger partial charge in [-0.2, -0.15) is 0 Å². The van der Waals surface area contributed by atoms with Gasteiger partial charge < -0.3 is 20.4 Å². The molecule has 4 rings (SSSR count). The number of nitrogens with one attached hydrogen (secondary N) is 4. The van der Waals surface area contributed by atoms with Crippen LogP contribution in [0.1, 0.15) is 44.2 Å². The van der Waals surface area contributed by atoms with Gasteiger partial charge >= 0.3 is 0 Å². The second-order valence-corrected chi connectivity index (χ2v) is 8.08. The van der Waals surface area contributed by atoms with E-state index in [0.29, 0.717) is 5.84 Å². The molecule has 1 unspecified atom stereocenters. The van der Waals surface area contributed by atoms with Crippen LogP contribution < -0.4 is 10.6 Å². The van der Waals surface area contributed by atoms with Crippen molar-refractivity contribution in [2.24, 2.45) is 5.92 Å². The van der Waals surface area contributed by atoms with Crippen LogP contribution in [0.25, 0.3) is 11.6 Å². The van der Waals surface area contributed by atoms with Crippen LogP contribution in [-0.2, 0) is 4.74 Å². The maximum absolute atomic E-state index is 8.36. The number of H-pyrrole nitrogens is 1. The van der Waals surface area contributed by atoms with Crippen molar-refractivity contribution in [2.45, 2.75) is 39.2 Å². The van der Waals surface area contributed by atoms with Gasteiger partial charge in [0.2, 0.25) is 0 Å². The lowest BCUT2D eigenvalue weighted by Crippen LogP contribution is -2.35. The summed E-state index contributed by atoms with van der Waals surface area (Å²) in [6.07, 6.45) is 18.1. The zero-order chi connectivity index (χ0) is 20.4. The lowest BCUT2D eigenvalue weighted by Gasteiger charge is -2.25. The van der Waals surface area contributed by atoms with Gasteiger partial charge in [0, 0.05) is 41.4 Å². The molecule has 0 bridgehead atoms. The number of hydrogen-bond acceptors (Lipinski definition) is 3. The van der Waals surface area contributed by atoms with Crippen molar-refractivity contribution in [1.82, 2.24) is 10.3 Å². The van der Waals surface area contributed by atoms with E-state index in [-0.39, 0.29) is 12.0 Å². The fourth-order valence-electron chi connectivity index (χ4n) is 4.19. The van der Waals surface area contributed by atoms with E-state index in [1.54, 1.807) is 7.11 Å². The molecule has 0 amide bonds. The van der Waals surface area contributed by atoms with E-state index in [9.17, 15) is 0 Å². The van der Waals surface area contributed by atoms with E-state index in [4.69, 9.17) is 10.1 Å². The Morgan fingerprint density at radius 3 is 2.86 bits per heavy atom. The van der Waals surface area contributed by atoms with Crippen LogP contribution in [0, 0.1) is 11.3 Å².